The number of hydrazone groups is 1. The average Bonchev–Trinajstić information content (AvgIpc) is 3.40. The van der Waals surface area contributed by atoms with Crippen molar-refractivity contribution < 1.29 is 33.4 Å². The van der Waals surface area contributed by atoms with Crippen LogP contribution < -0.4 is 20.8 Å². The van der Waals surface area contributed by atoms with Crippen molar-refractivity contribution in [2.75, 3.05) is 13.2 Å². The van der Waals surface area contributed by atoms with Gasteiger partial charge < -0.3 is 29.6 Å². The summed E-state index contributed by atoms with van der Waals surface area (Å²) in [5.74, 6) is -0.722. The molecule has 0 unspecified atom stereocenters. The number of esters is 1. The molecule has 212 valence electrons. The highest BCUT2D eigenvalue weighted by atomic mass is 32.1. The third kappa shape index (κ3) is 6.97. The largest absolute Gasteiger partial charge is 0.483 e. The molecule has 1 amide bonds. The smallest absolute Gasteiger partial charge is 0.338 e. The number of carbonyl (C=O) groups excluding carboxylic acids is 2. The van der Waals surface area contributed by atoms with E-state index in [1.807, 2.05) is 0 Å². The van der Waals surface area contributed by atoms with Crippen molar-refractivity contribution in [2.24, 2.45) is 5.10 Å². The summed E-state index contributed by atoms with van der Waals surface area (Å²) in [5.41, 5.74) is 5.59. The van der Waals surface area contributed by atoms with Crippen LogP contribution in [0.5, 0.6) is 5.75 Å². The number of rotatable bonds is 10. The molecule has 2 aromatic carbocycles. The quantitative estimate of drug-likeness (QED) is 0.121. The summed E-state index contributed by atoms with van der Waals surface area (Å²) in [6.07, 6.45) is 1.34. The molecule has 4 N–H and O–H groups in total. The maximum atomic E-state index is 12.7. The van der Waals surface area contributed by atoms with Gasteiger partial charge in [0, 0.05) is 16.8 Å². The van der Waals surface area contributed by atoms with Crippen LogP contribution in [-0.4, -0.2) is 47.5 Å². The number of furan rings is 1. The second kappa shape index (κ2) is 12.9. The molecule has 0 bridgehead atoms. The van der Waals surface area contributed by atoms with Gasteiger partial charge in [-0.1, -0.05) is 24.3 Å². The Morgan fingerprint density at radius 2 is 1.93 bits per heavy atom. The highest BCUT2D eigenvalue weighted by molar-refractivity contribution is 7.80. The van der Waals surface area contributed by atoms with Gasteiger partial charge in [-0.3, -0.25) is 4.79 Å². The van der Waals surface area contributed by atoms with Gasteiger partial charge >= 0.3 is 11.9 Å². The number of amides is 1. The van der Waals surface area contributed by atoms with Crippen molar-refractivity contribution in [3.05, 3.63) is 88.3 Å². The molecular formula is C29H28N4O7S. The molecule has 11 nitrogen and oxygen atoms in total. The topological polar surface area (TPSA) is 151 Å². The highest BCUT2D eigenvalue weighted by Crippen LogP contribution is 2.33. The highest BCUT2D eigenvalue weighted by Gasteiger charge is 2.32. The van der Waals surface area contributed by atoms with Crippen LogP contribution in [0.25, 0.3) is 11.3 Å². The number of benzene rings is 2. The Balaban J connectivity index is 1.40. The molecule has 12 heteroatoms. The second-order valence-electron chi connectivity index (χ2n) is 8.95. The number of hydrogen-bond donors (Lipinski definition) is 4. The van der Waals surface area contributed by atoms with E-state index in [-0.39, 0.29) is 18.8 Å². The molecule has 0 saturated heterocycles. The predicted octanol–water partition coefficient (Wildman–Crippen LogP) is 3.84. The van der Waals surface area contributed by atoms with Gasteiger partial charge in [0.25, 0.3) is 5.91 Å². The van der Waals surface area contributed by atoms with E-state index in [4.69, 9.17) is 31.2 Å². The fraction of sp³-hybridized carbons (Fsp3) is 0.207. The fourth-order valence-electron chi connectivity index (χ4n) is 4.24. The Bertz CT molecular complexity index is 1560. The zero-order chi connectivity index (χ0) is 29.5. The number of aryl methyl sites for hydroxylation is 1. The lowest BCUT2D eigenvalue weighted by molar-refractivity contribution is -0.139. The molecule has 0 spiro atoms. The van der Waals surface area contributed by atoms with E-state index in [0.29, 0.717) is 39.2 Å². The van der Waals surface area contributed by atoms with Crippen molar-refractivity contribution in [1.29, 1.82) is 0 Å². The van der Waals surface area contributed by atoms with Gasteiger partial charge in [0.05, 0.1) is 30.0 Å². The van der Waals surface area contributed by atoms with E-state index in [1.54, 1.807) is 69.3 Å². The number of para-hydroxylation sites is 1. The summed E-state index contributed by atoms with van der Waals surface area (Å²) in [4.78, 5) is 36.3. The minimum absolute atomic E-state index is 0.189. The third-order valence-corrected chi connectivity index (χ3v) is 6.32. The Hall–Kier alpha value is -4.97. The maximum Gasteiger partial charge on any atom is 0.338 e. The van der Waals surface area contributed by atoms with E-state index in [2.05, 4.69) is 21.2 Å². The van der Waals surface area contributed by atoms with Crippen LogP contribution in [0.2, 0.25) is 0 Å². The predicted molar refractivity (Wildman–Crippen MR) is 154 cm³/mol. The molecule has 41 heavy (non-hydrogen) atoms. The molecule has 0 saturated carbocycles. The van der Waals surface area contributed by atoms with Crippen LogP contribution in [0.15, 0.2) is 75.4 Å². The summed E-state index contributed by atoms with van der Waals surface area (Å²) < 4.78 is 16.8. The standard InChI is InChI=1S/C29H28N4O7S/c1-4-38-28(37)25-17(3)31-29(41)32-26(25)21-7-5-6-8-22(21)39-15-24(34)33-30-14-19-10-12-23(40-19)20-11-9-18(27(35)36)13-16(20)2/h5-14,26H,4,15H2,1-3H3,(H,33,34)(H,35,36)(H2,31,32,41)/t26-/m1/s1. The SMILES string of the molecule is CCOC(=O)C1=C(C)NC(=S)N[C@@H]1c1ccccc1OCC(=O)NN=Cc1ccc(-c2ccc(C(=O)O)cc2C)o1. The number of hydrogen-bond acceptors (Lipinski definition) is 8. The minimum atomic E-state index is -1.00. The maximum absolute atomic E-state index is 12.7. The Morgan fingerprint density at radius 1 is 1.15 bits per heavy atom. The lowest BCUT2D eigenvalue weighted by Crippen LogP contribution is -2.45. The molecule has 3 aromatic rings. The molecule has 1 atom stereocenters. The first-order valence-electron chi connectivity index (χ1n) is 12.6. The molecule has 2 heterocycles. The number of aromatic carboxylic acids is 1. The van der Waals surface area contributed by atoms with Gasteiger partial charge in [0.1, 0.15) is 17.3 Å². The Kier molecular flexibility index (Phi) is 9.15. The second-order valence-corrected chi connectivity index (χ2v) is 9.36. The van der Waals surface area contributed by atoms with E-state index >= 15 is 0 Å². The summed E-state index contributed by atoms with van der Waals surface area (Å²) in [6.45, 7) is 5.12. The molecular weight excluding hydrogens is 548 g/mol. The van der Waals surface area contributed by atoms with Crippen molar-refractivity contribution in [2.45, 2.75) is 26.8 Å². The first-order valence-corrected chi connectivity index (χ1v) is 13.0. The fourth-order valence-corrected chi connectivity index (χ4v) is 4.51. The number of nitrogens with zero attached hydrogens (tertiary/aromatic N) is 1. The van der Waals surface area contributed by atoms with Crippen molar-refractivity contribution in [3.8, 4) is 17.1 Å². The molecule has 0 fully saturated rings. The van der Waals surface area contributed by atoms with Crippen LogP contribution >= 0.6 is 12.2 Å². The van der Waals surface area contributed by atoms with Crippen molar-refractivity contribution in [3.63, 3.8) is 0 Å². The van der Waals surface area contributed by atoms with E-state index < -0.39 is 23.9 Å². The number of carboxylic acids is 1. The molecule has 1 aliphatic heterocycles. The van der Waals surface area contributed by atoms with Gasteiger partial charge in [-0.25, -0.2) is 15.0 Å². The molecule has 0 radical (unpaired) electrons. The summed E-state index contributed by atoms with van der Waals surface area (Å²) in [7, 11) is 0. The average molecular weight is 577 g/mol. The molecule has 1 aliphatic rings. The Morgan fingerprint density at radius 3 is 2.66 bits per heavy atom. The van der Waals surface area contributed by atoms with Crippen LogP contribution in [0.4, 0.5) is 0 Å². The lowest BCUT2D eigenvalue weighted by atomic mass is 9.95. The van der Waals surface area contributed by atoms with E-state index in [0.717, 1.165) is 11.1 Å². The van der Waals surface area contributed by atoms with Crippen molar-refractivity contribution >= 4 is 41.4 Å². The van der Waals surface area contributed by atoms with E-state index in [1.165, 1.54) is 12.3 Å². The number of thiocarbonyl (C=S) groups is 1. The number of ether oxygens (including phenoxy) is 2. The number of allylic oxidation sites excluding steroid dienone is 1. The monoisotopic (exact) mass is 576 g/mol. The number of carbonyl (C=O) groups is 3. The van der Waals surface area contributed by atoms with Gasteiger partial charge in [-0.15, -0.1) is 0 Å². The summed E-state index contributed by atoms with van der Waals surface area (Å²) in [6, 6.07) is 14.5. The Labute approximate surface area is 241 Å². The van der Waals surface area contributed by atoms with Crippen LogP contribution in [-0.2, 0) is 14.3 Å². The molecule has 4 rings (SSSR count). The zero-order valence-electron chi connectivity index (χ0n) is 22.5. The zero-order valence-corrected chi connectivity index (χ0v) is 23.3. The normalized spacial score (nSPS) is 14.8. The first kappa shape index (κ1) is 29.0. The third-order valence-electron chi connectivity index (χ3n) is 6.10. The van der Waals surface area contributed by atoms with Crippen LogP contribution in [0.1, 0.15) is 47.1 Å². The molecule has 0 aliphatic carbocycles. The van der Waals surface area contributed by atoms with Crippen LogP contribution in [0.3, 0.4) is 0 Å². The summed E-state index contributed by atoms with van der Waals surface area (Å²) in [5, 5.41) is 19.4. The van der Waals surface area contributed by atoms with Crippen molar-refractivity contribution in [1.82, 2.24) is 16.1 Å². The number of carboxylic acid groups (broad SMARTS) is 1. The minimum Gasteiger partial charge on any atom is -0.483 e. The first-order chi connectivity index (χ1) is 19.7. The summed E-state index contributed by atoms with van der Waals surface area (Å²) >= 11 is 5.29. The van der Waals surface area contributed by atoms with Gasteiger partial charge in [0.15, 0.2) is 11.7 Å². The van der Waals surface area contributed by atoms with Gasteiger partial charge in [0.2, 0.25) is 0 Å². The molecule has 1 aromatic heterocycles. The van der Waals surface area contributed by atoms with E-state index in [9.17, 15) is 14.4 Å². The van der Waals surface area contributed by atoms with Gasteiger partial charge in [-0.05, 0) is 68.9 Å². The lowest BCUT2D eigenvalue weighted by Gasteiger charge is -2.30. The van der Waals surface area contributed by atoms with Crippen LogP contribution in [0, 0.1) is 6.92 Å². The van der Waals surface area contributed by atoms with Gasteiger partial charge in [-0.2, -0.15) is 5.10 Å². The number of nitrogens with one attached hydrogen (secondary N) is 3.